The summed E-state index contributed by atoms with van der Waals surface area (Å²) >= 11 is 0. The van der Waals surface area contributed by atoms with Gasteiger partial charge in [-0.15, -0.1) is 18.2 Å². The molecule has 4 aromatic rings. The van der Waals surface area contributed by atoms with Crippen molar-refractivity contribution in [1.82, 2.24) is 0 Å². The molecule has 0 saturated heterocycles. The minimum Gasteiger partial charge on any atom is -0.335 e. The summed E-state index contributed by atoms with van der Waals surface area (Å²) in [5.74, 6) is 0. The van der Waals surface area contributed by atoms with Crippen LogP contribution in [0.25, 0.3) is 33.0 Å². The zero-order chi connectivity index (χ0) is 14.8. The molecule has 4 aromatic carbocycles. The van der Waals surface area contributed by atoms with Crippen LogP contribution in [0.1, 0.15) is 0 Å². The van der Waals surface area contributed by atoms with Crippen molar-refractivity contribution in [3.8, 4) is 22.3 Å². The van der Waals surface area contributed by atoms with Crippen LogP contribution in [0, 0.1) is 24.3 Å². The van der Waals surface area contributed by atoms with Crippen molar-refractivity contribution in [3.05, 3.63) is 97.1 Å². The molecule has 0 heterocycles. The Balaban J connectivity index is 0.00000104. The molecule has 0 aliphatic rings. The minimum atomic E-state index is 0. The van der Waals surface area contributed by atoms with Gasteiger partial charge in [-0.3, -0.25) is 17.2 Å². The molecule has 110 valence electrons. The Bertz CT molecular complexity index is 916. The summed E-state index contributed by atoms with van der Waals surface area (Å²) in [6.07, 6.45) is 0. The van der Waals surface area contributed by atoms with Crippen LogP contribution in [-0.2, 0) is 65.4 Å². The molecule has 0 aliphatic heterocycles. The monoisotopic (exact) mass is 454 g/mol. The first-order chi connectivity index (χ1) is 10.9. The summed E-state index contributed by atoms with van der Waals surface area (Å²) in [7, 11) is 0. The van der Waals surface area contributed by atoms with Crippen LogP contribution in [0.2, 0.25) is 0 Å². The summed E-state index contributed by atoms with van der Waals surface area (Å²) in [4.78, 5) is 0. The largest absolute Gasteiger partial charge is 0.335 e. The molecule has 2 heteroatoms. The molecule has 0 nitrogen and oxygen atoms in total. The van der Waals surface area contributed by atoms with Crippen LogP contribution in [0.15, 0.2) is 72.8 Å². The van der Waals surface area contributed by atoms with Gasteiger partial charge in [-0.2, -0.15) is 29.7 Å². The first-order valence-corrected chi connectivity index (χ1v) is 7.23. The zero-order valence-corrected chi connectivity index (χ0v) is 18.8. The number of benzene rings is 4. The Morgan fingerprint density at radius 1 is 0.583 bits per heavy atom. The average molecular weight is 454 g/mol. The van der Waals surface area contributed by atoms with Crippen LogP contribution < -0.4 is 0 Å². The Morgan fingerprint density at radius 2 is 1.21 bits per heavy atom. The molecular weight excluding hydrogens is 442 g/mol. The quantitative estimate of drug-likeness (QED) is 0.358. The van der Waals surface area contributed by atoms with Crippen LogP contribution in [0.5, 0.6) is 0 Å². The molecule has 2 radical (unpaired) electrons. The normalized spacial score (nSPS) is 9.83. The van der Waals surface area contributed by atoms with Crippen LogP contribution >= 0.6 is 0 Å². The third-order valence-corrected chi connectivity index (χ3v) is 3.66. The van der Waals surface area contributed by atoms with Gasteiger partial charge in [-0.05, 0) is 0 Å². The van der Waals surface area contributed by atoms with E-state index in [2.05, 4.69) is 42.5 Å². The van der Waals surface area contributed by atoms with E-state index in [4.69, 9.17) is 0 Å². The van der Waals surface area contributed by atoms with Crippen molar-refractivity contribution in [3.63, 3.8) is 0 Å². The third kappa shape index (κ3) is 4.11. The predicted molar refractivity (Wildman–Crippen MR) is 90.2 cm³/mol. The Morgan fingerprint density at radius 3 is 1.88 bits per heavy atom. The van der Waals surface area contributed by atoms with Gasteiger partial charge in [-0.25, -0.2) is 29.7 Å². The molecule has 0 atom stereocenters. The van der Waals surface area contributed by atoms with Crippen molar-refractivity contribution in [2.75, 3.05) is 0 Å². The van der Waals surface area contributed by atoms with Crippen molar-refractivity contribution in [2.45, 2.75) is 0 Å². The van der Waals surface area contributed by atoms with Crippen molar-refractivity contribution < 1.29 is 65.4 Å². The first kappa shape index (κ1) is 19.7. The Hall–Kier alpha value is -0.652. The van der Waals surface area contributed by atoms with Gasteiger partial charge in [0.25, 0.3) is 0 Å². The summed E-state index contributed by atoms with van der Waals surface area (Å²) in [5, 5.41) is 2.23. The molecule has 0 amide bonds. The molecule has 24 heavy (non-hydrogen) atoms. The molecular formula is C22H12Y2-4. The molecule has 0 spiro atoms. The number of hydrogen-bond acceptors (Lipinski definition) is 0. The fraction of sp³-hybridized carbons (Fsp3) is 0. The number of fused-ring (bicyclic) bond motifs is 1. The van der Waals surface area contributed by atoms with E-state index >= 15 is 0 Å². The van der Waals surface area contributed by atoms with Crippen molar-refractivity contribution in [1.29, 1.82) is 0 Å². The van der Waals surface area contributed by atoms with Gasteiger partial charge in [0.05, 0.1) is 0 Å². The molecule has 0 aliphatic carbocycles. The maximum absolute atomic E-state index is 3.50. The van der Waals surface area contributed by atoms with Crippen LogP contribution in [-0.4, -0.2) is 0 Å². The van der Waals surface area contributed by atoms with Gasteiger partial charge >= 0.3 is 0 Å². The maximum atomic E-state index is 3.50. The second kappa shape index (κ2) is 9.16. The standard InChI is InChI=1S/C22H12.2Y/c1-3-9-17(10-4-1)20-15-19-13-7-8-14-21(19)22(16-20)18-11-5-2-6-12-18;;/h1-9,11,13-14H;;/q-4;;. The van der Waals surface area contributed by atoms with E-state index in [1.165, 1.54) is 0 Å². The third-order valence-electron chi connectivity index (χ3n) is 3.66. The van der Waals surface area contributed by atoms with E-state index in [1.54, 1.807) is 0 Å². The van der Waals surface area contributed by atoms with E-state index in [1.807, 2.05) is 54.6 Å². The number of hydrogen-bond donors (Lipinski definition) is 0. The van der Waals surface area contributed by atoms with E-state index < -0.39 is 0 Å². The number of rotatable bonds is 2. The molecule has 0 saturated carbocycles. The zero-order valence-electron chi connectivity index (χ0n) is 13.1. The summed E-state index contributed by atoms with van der Waals surface area (Å²) in [5.41, 5.74) is 4.05. The van der Waals surface area contributed by atoms with Crippen molar-refractivity contribution >= 4 is 10.8 Å². The molecule has 0 N–H and O–H groups in total. The van der Waals surface area contributed by atoms with Gasteiger partial charge in [0.15, 0.2) is 0 Å². The fourth-order valence-electron chi connectivity index (χ4n) is 2.61. The second-order valence-electron chi connectivity index (χ2n) is 5.10. The van der Waals surface area contributed by atoms with Crippen molar-refractivity contribution in [2.24, 2.45) is 0 Å². The summed E-state index contributed by atoms with van der Waals surface area (Å²) in [6.45, 7) is 0. The Labute approximate surface area is 193 Å². The molecule has 0 fully saturated rings. The predicted octanol–water partition coefficient (Wildman–Crippen LogP) is 5.37. The molecule has 0 unspecified atom stereocenters. The fourth-order valence-corrected chi connectivity index (χ4v) is 2.61. The van der Waals surface area contributed by atoms with Gasteiger partial charge < -0.3 is 17.2 Å². The summed E-state index contributed by atoms with van der Waals surface area (Å²) in [6, 6.07) is 37.7. The van der Waals surface area contributed by atoms with Crippen LogP contribution in [0.3, 0.4) is 0 Å². The van der Waals surface area contributed by atoms with Gasteiger partial charge in [0, 0.05) is 65.4 Å². The van der Waals surface area contributed by atoms with E-state index in [-0.39, 0.29) is 65.4 Å². The second-order valence-corrected chi connectivity index (χ2v) is 5.10. The van der Waals surface area contributed by atoms with E-state index in [0.29, 0.717) is 0 Å². The minimum absolute atomic E-state index is 0. The van der Waals surface area contributed by atoms with E-state index in [9.17, 15) is 0 Å². The summed E-state index contributed by atoms with van der Waals surface area (Å²) < 4.78 is 0. The first-order valence-electron chi connectivity index (χ1n) is 7.23. The van der Waals surface area contributed by atoms with Gasteiger partial charge in [0.2, 0.25) is 0 Å². The molecule has 4 rings (SSSR count). The molecule has 0 bridgehead atoms. The van der Waals surface area contributed by atoms with Crippen LogP contribution in [0.4, 0.5) is 0 Å². The smallest absolute Gasteiger partial charge is 0 e. The molecule has 0 aromatic heterocycles. The topological polar surface area (TPSA) is 0 Å². The average Bonchev–Trinajstić information content (AvgIpc) is 2.62. The van der Waals surface area contributed by atoms with Gasteiger partial charge in [-0.1, -0.05) is 18.2 Å². The Kier molecular flexibility index (Phi) is 7.51. The maximum Gasteiger partial charge on any atom is 0 e. The SMILES string of the molecule is [Y].[Y].[c-]1ccccc1-c1[c-]c(-c2[c-]cccc2)c2ccccc2[c-]1. The van der Waals surface area contributed by atoms with E-state index in [0.717, 1.165) is 33.0 Å². The van der Waals surface area contributed by atoms with Gasteiger partial charge in [0.1, 0.15) is 0 Å².